The Kier molecular flexibility index (Phi) is 6.27. The second kappa shape index (κ2) is 9.29. The van der Waals surface area contributed by atoms with E-state index in [-0.39, 0.29) is 5.56 Å². The average Bonchev–Trinajstić information content (AvgIpc) is 3.34. The second-order valence-electron chi connectivity index (χ2n) is 6.85. The second-order valence-corrected chi connectivity index (χ2v) is 7.86. The van der Waals surface area contributed by atoms with Gasteiger partial charge in [-0.3, -0.25) is 9.59 Å². The highest BCUT2D eigenvalue weighted by molar-refractivity contribution is 7.15. The standard InChI is InChI=1S/C23H21N3O6S/c1-5-31-19-10-14(6-8-17(19)32-13(2)27)11-20-22(28)26-23(33-20)24-21(25-26)15-7-9-16(29-3)18(12-15)30-4/h6-12H,5H2,1-4H3/b20-11-. The number of aromatic nitrogens is 3. The van der Waals surface area contributed by atoms with Crippen molar-refractivity contribution in [1.29, 1.82) is 0 Å². The molecule has 2 heterocycles. The lowest BCUT2D eigenvalue weighted by Crippen LogP contribution is -2.23. The number of esters is 1. The summed E-state index contributed by atoms with van der Waals surface area (Å²) in [4.78, 5) is 29.2. The summed E-state index contributed by atoms with van der Waals surface area (Å²) in [6.07, 6.45) is 1.72. The monoisotopic (exact) mass is 467 g/mol. The fourth-order valence-electron chi connectivity index (χ4n) is 3.20. The fraction of sp³-hybridized carbons (Fsp3) is 0.217. The average molecular weight is 468 g/mol. The highest BCUT2D eigenvalue weighted by Gasteiger charge is 2.15. The summed E-state index contributed by atoms with van der Waals surface area (Å²) >= 11 is 1.23. The van der Waals surface area contributed by atoms with Gasteiger partial charge in [0.05, 0.1) is 25.4 Å². The molecule has 0 aliphatic rings. The van der Waals surface area contributed by atoms with Crippen molar-refractivity contribution in [2.75, 3.05) is 20.8 Å². The number of hydrogen-bond donors (Lipinski definition) is 0. The topological polar surface area (TPSA) is 101 Å². The van der Waals surface area contributed by atoms with Crippen LogP contribution in [0.5, 0.6) is 23.0 Å². The van der Waals surface area contributed by atoms with Crippen molar-refractivity contribution in [2.24, 2.45) is 0 Å². The zero-order valence-electron chi connectivity index (χ0n) is 18.4. The van der Waals surface area contributed by atoms with Crippen molar-refractivity contribution < 1.29 is 23.7 Å². The Hall–Kier alpha value is -3.92. The number of ether oxygens (including phenoxy) is 4. The number of hydrogen-bond acceptors (Lipinski definition) is 9. The summed E-state index contributed by atoms with van der Waals surface area (Å²) in [5.41, 5.74) is 1.14. The molecule has 4 aromatic rings. The zero-order chi connectivity index (χ0) is 23.5. The van der Waals surface area contributed by atoms with Crippen LogP contribution >= 0.6 is 11.3 Å². The number of fused-ring (bicyclic) bond motifs is 1. The van der Waals surface area contributed by atoms with Crippen molar-refractivity contribution in [1.82, 2.24) is 14.6 Å². The van der Waals surface area contributed by atoms with Gasteiger partial charge in [0.2, 0.25) is 4.96 Å². The Bertz CT molecular complexity index is 1440. The minimum Gasteiger partial charge on any atom is -0.493 e. The number of methoxy groups -OCH3 is 2. The lowest BCUT2D eigenvalue weighted by atomic mass is 10.2. The molecule has 0 atom stereocenters. The summed E-state index contributed by atoms with van der Waals surface area (Å²) in [5, 5.41) is 4.37. The fourth-order valence-corrected chi connectivity index (χ4v) is 4.11. The highest BCUT2D eigenvalue weighted by atomic mass is 32.1. The first-order valence-electron chi connectivity index (χ1n) is 10.0. The molecule has 10 heteroatoms. The Morgan fingerprint density at radius 1 is 1.06 bits per heavy atom. The van der Waals surface area contributed by atoms with E-state index in [1.54, 1.807) is 56.7 Å². The third kappa shape index (κ3) is 4.51. The predicted octanol–water partition coefficient (Wildman–Crippen LogP) is 2.71. The normalized spacial score (nSPS) is 11.6. The largest absolute Gasteiger partial charge is 0.493 e. The predicted molar refractivity (Wildman–Crippen MR) is 123 cm³/mol. The number of benzene rings is 2. The van der Waals surface area contributed by atoms with Crippen molar-refractivity contribution in [2.45, 2.75) is 13.8 Å². The number of carbonyl (C=O) groups is 1. The molecule has 2 aromatic heterocycles. The minimum atomic E-state index is -0.439. The molecule has 2 aromatic carbocycles. The van der Waals surface area contributed by atoms with Crippen LogP contribution in [0.1, 0.15) is 19.4 Å². The van der Waals surface area contributed by atoms with Gasteiger partial charge in [-0.15, -0.1) is 5.10 Å². The van der Waals surface area contributed by atoms with E-state index in [4.69, 9.17) is 18.9 Å². The number of carbonyl (C=O) groups excluding carboxylic acids is 1. The van der Waals surface area contributed by atoms with Gasteiger partial charge in [-0.2, -0.15) is 9.50 Å². The minimum absolute atomic E-state index is 0.281. The molecule has 0 N–H and O–H groups in total. The maximum absolute atomic E-state index is 12.9. The van der Waals surface area contributed by atoms with E-state index in [2.05, 4.69) is 10.1 Å². The maximum atomic E-state index is 12.9. The van der Waals surface area contributed by atoms with Gasteiger partial charge >= 0.3 is 5.97 Å². The van der Waals surface area contributed by atoms with Crippen LogP contribution in [-0.2, 0) is 4.79 Å². The Labute approximate surface area is 192 Å². The van der Waals surface area contributed by atoms with E-state index in [0.717, 1.165) is 5.56 Å². The first-order chi connectivity index (χ1) is 15.9. The molecule has 0 amide bonds. The summed E-state index contributed by atoms with van der Waals surface area (Å²) in [7, 11) is 3.11. The van der Waals surface area contributed by atoms with Crippen LogP contribution in [-0.4, -0.2) is 41.4 Å². The smallest absolute Gasteiger partial charge is 0.308 e. The highest BCUT2D eigenvalue weighted by Crippen LogP contribution is 2.31. The van der Waals surface area contributed by atoms with E-state index >= 15 is 0 Å². The van der Waals surface area contributed by atoms with Gasteiger partial charge in [-0.1, -0.05) is 17.4 Å². The van der Waals surface area contributed by atoms with Crippen molar-refractivity contribution >= 4 is 28.3 Å². The molecule has 0 fully saturated rings. The number of rotatable bonds is 7. The van der Waals surface area contributed by atoms with E-state index in [0.29, 0.717) is 50.5 Å². The number of thiazole rings is 1. The molecule has 0 aliphatic heterocycles. The van der Waals surface area contributed by atoms with Crippen LogP contribution in [0, 0.1) is 0 Å². The van der Waals surface area contributed by atoms with Gasteiger partial charge in [0, 0.05) is 12.5 Å². The summed E-state index contributed by atoms with van der Waals surface area (Å²) in [6.45, 7) is 3.56. The van der Waals surface area contributed by atoms with Crippen LogP contribution in [0.2, 0.25) is 0 Å². The molecule has 0 radical (unpaired) electrons. The van der Waals surface area contributed by atoms with E-state index in [9.17, 15) is 9.59 Å². The van der Waals surface area contributed by atoms with E-state index in [1.807, 2.05) is 6.92 Å². The quantitative estimate of drug-likeness (QED) is 0.302. The van der Waals surface area contributed by atoms with Crippen LogP contribution in [0.4, 0.5) is 0 Å². The van der Waals surface area contributed by atoms with Gasteiger partial charge in [0.1, 0.15) is 0 Å². The molecule has 0 bridgehead atoms. The van der Waals surface area contributed by atoms with Crippen LogP contribution in [0.3, 0.4) is 0 Å². The molecular weight excluding hydrogens is 446 g/mol. The first kappa shape index (κ1) is 22.3. The van der Waals surface area contributed by atoms with Gasteiger partial charge < -0.3 is 18.9 Å². The lowest BCUT2D eigenvalue weighted by Gasteiger charge is -2.10. The third-order valence-corrected chi connectivity index (χ3v) is 5.60. The van der Waals surface area contributed by atoms with Gasteiger partial charge in [-0.05, 0) is 48.9 Å². The van der Waals surface area contributed by atoms with Crippen molar-refractivity contribution in [3.05, 3.63) is 56.8 Å². The molecule has 0 spiro atoms. The molecule has 0 unspecified atom stereocenters. The Balaban J connectivity index is 1.71. The van der Waals surface area contributed by atoms with E-state index < -0.39 is 5.97 Å². The molecule has 0 saturated heterocycles. The van der Waals surface area contributed by atoms with Gasteiger partial charge in [0.25, 0.3) is 5.56 Å². The molecule has 170 valence electrons. The molecule has 4 rings (SSSR count). The molecule has 0 saturated carbocycles. The Morgan fingerprint density at radius 2 is 1.82 bits per heavy atom. The first-order valence-corrected chi connectivity index (χ1v) is 10.8. The Morgan fingerprint density at radius 3 is 2.48 bits per heavy atom. The number of nitrogens with zero attached hydrogens (tertiary/aromatic N) is 3. The van der Waals surface area contributed by atoms with Crippen molar-refractivity contribution in [3.63, 3.8) is 0 Å². The SMILES string of the molecule is CCOc1cc(/C=c2\sc3nc(-c4ccc(OC)c(OC)c4)nn3c2=O)ccc1OC(C)=O. The van der Waals surface area contributed by atoms with Crippen molar-refractivity contribution in [3.8, 4) is 34.4 Å². The summed E-state index contributed by atoms with van der Waals surface area (Å²) in [6, 6.07) is 10.4. The van der Waals surface area contributed by atoms with Crippen LogP contribution in [0.15, 0.2) is 41.2 Å². The molecule has 9 nitrogen and oxygen atoms in total. The van der Waals surface area contributed by atoms with Gasteiger partial charge in [-0.25, -0.2) is 0 Å². The third-order valence-electron chi connectivity index (χ3n) is 4.64. The summed E-state index contributed by atoms with van der Waals surface area (Å²) in [5.74, 6) is 1.86. The zero-order valence-corrected chi connectivity index (χ0v) is 19.3. The molecular formula is C23H21N3O6S. The van der Waals surface area contributed by atoms with E-state index in [1.165, 1.54) is 22.8 Å². The van der Waals surface area contributed by atoms with Crippen LogP contribution < -0.4 is 29.0 Å². The lowest BCUT2D eigenvalue weighted by molar-refractivity contribution is -0.132. The summed E-state index contributed by atoms with van der Waals surface area (Å²) < 4.78 is 23.1. The van der Waals surface area contributed by atoms with Gasteiger partial charge in [0.15, 0.2) is 28.8 Å². The molecule has 0 aliphatic carbocycles. The maximum Gasteiger partial charge on any atom is 0.308 e. The van der Waals surface area contributed by atoms with Crippen LogP contribution in [0.25, 0.3) is 22.4 Å². The molecule has 33 heavy (non-hydrogen) atoms.